The van der Waals surface area contributed by atoms with Crippen LogP contribution in [0.3, 0.4) is 0 Å². The van der Waals surface area contributed by atoms with E-state index in [-0.39, 0.29) is 0 Å². The summed E-state index contributed by atoms with van der Waals surface area (Å²) in [6, 6.07) is 8.84. The molecule has 0 aliphatic heterocycles. The minimum absolute atomic E-state index is 0.386. The number of benzene rings is 1. The molecule has 1 fully saturated rings. The molecule has 0 heterocycles. The van der Waals surface area contributed by atoms with Crippen molar-refractivity contribution < 1.29 is 5.11 Å². The van der Waals surface area contributed by atoms with E-state index in [4.69, 9.17) is 5.11 Å². The smallest absolute Gasteiger partial charge is 0.0319 e. The van der Waals surface area contributed by atoms with E-state index in [1.807, 2.05) is 13.8 Å². The first-order chi connectivity index (χ1) is 11.2. The molecule has 1 N–H and O–H groups in total. The molecule has 1 saturated carbocycles. The van der Waals surface area contributed by atoms with Gasteiger partial charge >= 0.3 is 0 Å². The molecule has 3 rings (SSSR count). The van der Waals surface area contributed by atoms with Crippen molar-refractivity contribution in [3.8, 4) is 0 Å². The van der Waals surface area contributed by atoms with E-state index >= 15 is 0 Å². The molecular weight excluding hydrogens is 292 g/mol. The second kappa shape index (κ2) is 10.2. The lowest BCUT2D eigenvalue weighted by Crippen LogP contribution is -2.21. The number of hydrogen-bond acceptors (Lipinski definition) is 1. The summed E-state index contributed by atoms with van der Waals surface area (Å²) in [6.45, 7) is 18.2. The lowest BCUT2D eigenvalue weighted by Gasteiger charge is -2.24. The second-order valence-corrected chi connectivity index (χ2v) is 8.27. The zero-order valence-electron chi connectivity index (χ0n) is 17.7. The number of aliphatic hydroxyl groups excluding tert-OH is 1. The molecule has 140 valence electrons. The summed E-state index contributed by atoms with van der Waals surface area (Å²) in [5, 5.41) is 7.00. The Morgan fingerprint density at radius 2 is 1.46 bits per heavy atom. The van der Waals surface area contributed by atoms with Crippen molar-refractivity contribution in [1.82, 2.24) is 0 Å². The molecular formula is C23H42O. The standard InChI is InChI=1S/C12H16.C8H16.C2H6.CH4O/c1-9-8-10-6-4-5-7-11(10)12(9,2)3;1-7-5-4-6-8(7,2)3;2*1-2/h4-7,9H,8H2,1-3H3;7H,4-6H2,1-3H3;1-2H3;2H,1H3. The maximum absolute atomic E-state index is 7.00. The van der Waals surface area contributed by atoms with Gasteiger partial charge in [0.1, 0.15) is 0 Å². The average molecular weight is 335 g/mol. The third kappa shape index (κ3) is 5.62. The van der Waals surface area contributed by atoms with Crippen molar-refractivity contribution in [2.75, 3.05) is 7.11 Å². The van der Waals surface area contributed by atoms with Crippen molar-refractivity contribution in [2.45, 2.75) is 86.5 Å². The molecule has 1 aromatic rings. The molecule has 2 unspecified atom stereocenters. The van der Waals surface area contributed by atoms with Crippen LogP contribution in [-0.4, -0.2) is 12.2 Å². The van der Waals surface area contributed by atoms with E-state index in [2.05, 4.69) is 65.8 Å². The molecule has 1 heteroatoms. The summed E-state index contributed by atoms with van der Waals surface area (Å²) >= 11 is 0. The zero-order chi connectivity index (χ0) is 19.0. The van der Waals surface area contributed by atoms with Crippen LogP contribution in [0.2, 0.25) is 0 Å². The normalized spacial score (nSPS) is 25.1. The topological polar surface area (TPSA) is 20.2 Å². The van der Waals surface area contributed by atoms with E-state index in [1.54, 1.807) is 11.1 Å². The lowest BCUT2D eigenvalue weighted by atomic mass is 9.80. The highest BCUT2D eigenvalue weighted by Gasteiger charge is 2.35. The van der Waals surface area contributed by atoms with E-state index in [0.29, 0.717) is 10.8 Å². The van der Waals surface area contributed by atoms with Crippen molar-refractivity contribution in [3.05, 3.63) is 35.4 Å². The predicted molar refractivity (Wildman–Crippen MR) is 109 cm³/mol. The van der Waals surface area contributed by atoms with E-state index < -0.39 is 0 Å². The third-order valence-corrected chi connectivity index (χ3v) is 6.26. The van der Waals surface area contributed by atoms with Gasteiger partial charge in [-0.15, -0.1) is 0 Å². The van der Waals surface area contributed by atoms with Crippen molar-refractivity contribution >= 4 is 0 Å². The molecule has 1 nitrogen and oxygen atoms in total. The fourth-order valence-electron chi connectivity index (χ4n) is 3.68. The van der Waals surface area contributed by atoms with Crippen LogP contribution in [0, 0.1) is 17.3 Å². The Kier molecular flexibility index (Phi) is 9.88. The lowest BCUT2D eigenvalue weighted by molar-refractivity contribution is 0.281. The highest BCUT2D eigenvalue weighted by atomic mass is 16.2. The van der Waals surface area contributed by atoms with Gasteiger partial charge in [-0.2, -0.15) is 0 Å². The van der Waals surface area contributed by atoms with Crippen LogP contribution in [-0.2, 0) is 11.8 Å². The number of aliphatic hydroxyl groups is 1. The molecule has 0 radical (unpaired) electrons. The van der Waals surface area contributed by atoms with E-state index in [0.717, 1.165) is 18.9 Å². The molecule has 24 heavy (non-hydrogen) atoms. The fraction of sp³-hybridized carbons (Fsp3) is 0.739. The first-order valence-corrected chi connectivity index (χ1v) is 9.78. The second-order valence-electron chi connectivity index (χ2n) is 8.27. The molecule has 0 aromatic heterocycles. The molecule has 0 amide bonds. The summed E-state index contributed by atoms with van der Waals surface area (Å²) < 4.78 is 0. The molecule has 0 saturated heterocycles. The maximum atomic E-state index is 7.00. The Bertz CT molecular complexity index is 459. The Morgan fingerprint density at radius 3 is 1.83 bits per heavy atom. The molecule has 2 aliphatic carbocycles. The van der Waals surface area contributed by atoms with Gasteiger partial charge in [-0.1, -0.05) is 92.5 Å². The first-order valence-electron chi connectivity index (χ1n) is 9.78. The van der Waals surface area contributed by atoms with Gasteiger partial charge < -0.3 is 5.11 Å². The van der Waals surface area contributed by atoms with Gasteiger partial charge in [-0.3, -0.25) is 0 Å². The first kappa shape index (κ1) is 23.2. The van der Waals surface area contributed by atoms with E-state index in [9.17, 15) is 0 Å². The number of hydrogen-bond donors (Lipinski definition) is 1. The molecule has 0 bridgehead atoms. The van der Waals surface area contributed by atoms with Crippen LogP contribution >= 0.6 is 0 Å². The Balaban J connectivity index is 0.000000385. The van der Waals surface area contributed by atoms with Gasteiger partial charge in [0.25, 0.3) is 0 Å². The molecule has 1 aromatic carbocycles. The monoisotopic (exact) mass is 334 g/mol. The van der Waals surface area contributed by atoms with Crippen LogP contribution in [0.5, 0.6) is 0 Å². The van der Waals surface area contributed by atoms with Gasteiger partial charge in [-0.05, 0) is 46.6 Å². The highest BCUT2D eigenvalue weighted by molar-refractivity contribution is 5.39. The van der Waals surface area contributed by atoms with Crippen LogP contribution in [0.25, 0.3) is 0 Å². The van der Waals surface area contributed by atoms with Crippen LogP contribution in [0.4, 0.5) is 0 Å². The Morgan fingerprint density at radius 1 is 0.917 bits per heavy atom. The minimum atomic E-state index is 0.386. The largest absolute Gasteiger partial charge is 0.400 e. The molecule has 2 atom stereocenters. The minimum Gasteiger partial charge on any atom is -0.400 e. The van der Waals surface area contributed by atoms with Gasteiger partial charge in [0, 0.05) is 7.11 Å². The summed E-state index contributed by atoms with van der Waals surface area (Å²) in [7, 11) is 1.00. The van der Waals surface area contributed by atoms with E-state index in [1.165, 1.54) is 25.7 Å². The van der Waals surface area contributed by atoms with Crippen LogP contribution < -0.4 is 0 Å². The molecule has 2 aliphatic rings. The van der Waals surface area contributed by atoms with Crippen molar-refractivity contribution in [3.63, 3.8) is 0 Å². The Hall–Kier alpha value is -0.820. The summed E-state index contributed by atoms with van der Waals surface area (Å²) in [5.74, 6) is 1.75. The number of rotatable bonds is 0. The quantitative estimate of drug-likeness (QED) is 0.565. The van der Waals surface area contributed by atoms with Gasteiger partial charge in [0.05, 0.1) is 0 Å². The fourth-order valence-corrected chi connectivity index (χ4v) is 3.68. The van der Waals surface area contributed by atoms with Gasteiger partial charge in [-0.25, -0.2) is 0 Å². The van der Waals surface area contributed by atoms with Crippen LogP contribution in [0.15, 0.2) is 24.3 Å². The average Bonchev–Trinajstić information content (AvgIpc) is 3.00. The summed E-state index contributed by atoms with van der Waals surface area (Å²) in [4.78, 5) is 0. The van der Waals surface area contributed by atoms with Crippen molar-refractivity contribution in [2.24, 2.45) is 17.3 Å². The summed E-state index contributed by atoms with van der Waals surface area (Å²) in [5.41, 5.74) is 4.14. The van der Waals surface area contributed by atoms with Crippen LogP contribution in [0.1, 0.15) is 85.8 Å². The third-order valence-electron chi connectivity index (χ3n) is 6.26. The van der Waals surface area contributed by atoms with Gasteiger partial charge in [0.2, 0.25) is 0 Å². The number of fused-ring (bicyclic) bond motifs is 1. The highest BCUT2D eigenvalue weighted by Crippen LogP contribution is 2.42. The summed E-state index contributed by atoms with van der Waals surface area (Å²) in [6.07, 6.45) is 5.60. The predicted octanol–water partition coefficient (Wildman–Crippen LogP) is 6.62. The Labute approximate surface area is 151 Å². The SMILES string of the molecule is CC.CC1CCCC1(C)C.CC1Cc2ccccc2C1(C)C.CO. The van der Waals surface area contributed by atoms with Crippen molar-refractivity contribution in [1.29, 1.82) is 0 Å². The maximum Gasteiger partial charge on any atom is 0.0319 e. The molecule has 0 spiro atoms. The zero-order valence-corrected chi connectivity index (χ0v) is 17.7. The van der Waals surface area contributed by atoms with Gasteiger partial charge in [0.15, 0.2) is 0 Å².